The smallest absolute Gasteiger partial charge is 0.316 e. The minimum Gasteiger partial charge on any atom is -0.465 e. The number of rotatable bonds is 24. The number of carbonyl (C=O) groups is 2. The number of carbonyl (C=O) groups excluding carboxylic acids is 2. The van der Waals surface area contributed by atoms with Crippen LogP contribution in [0.4, 0.5) is 0 Å². The van der Waals surface area contributed by atoms with Crippen LogP contribution in [0, 0.1) is 0 Å². The molecule has 0 aliphatic rings. The lowest BCUT2D eigenvalue weighted by Crippen LogP contribution is -2.10. The summed E-state index contributed by atoms with van der Waals surface area (Å²) in [5.41, 5.74) is 0.971. The average Bonchev–Trinajstić information content (AvgIpc) is 3.28. The van der Waals surface area contributed by atoms with Crippen molar-refractivity contribution in [3.8, 4) is 5.88 Å². The first-order chi connectivity index (χ1) is 20.1. The molecule has 230 valence electrons. The molecule has 0 amide bonds. The number of hydrogen-bond acceptors (Lipinski definition) is 8. The molecule has 0 saturated heterocycles. The van der Waals surface area contributed by atoms with E-state index in [1.165, 1.54) is 113 Å². The highest BCUT2D eigenvalue weighted by molar-refractivity contribution is 8.00. The van der Waals surface area contributed by atoms with Gasteiger partial charge in [-0.15, -0.1) is 0 Å². The van der Waals surface area contributed by atoms with Crippen LogP contribution in [-0.2, 0) is 21.4 Å². The summed E-state index contributed by atoms with van der Waals surface area (Å²) in [6, 6.07) is 0. The number of esters is 2. The third-order valence-corrected chi connectivity index (χ3v) is 7.97. The summed E-state index contributed by atoms with van der Waals surface area (Å²) in [7, 11) is 1.71. The van der Waals surface area contributed by atoms with Crippen molar-refractivity contribution in [1.29, 1.82) is 0 Å². The lowest BCUT2D eigenvalue weighted by Gasteiger charge is -2.05. The molecule has 2 rings (SSSR count). The number of nitrogens with zero attached hydrogens (tertiary/aromatic N) is 4. The number of aromatic nitrogens is 4. The van der Waals surface area contributed by atoms with E-state index in [0.29, 0.717) is 35.0 Å². The maximum atomic E-state index is 12.5. The van der Waals surface area contributed by atoms with Gasteiger partial charge in [-0.3, -0.25) is 9.59 Å². The van der Waals surface area contributed by atoms with E-state index in [-0.39, 0.29) is 17.7 Å². The molecule has 0 saturated carbocycles. The molecule has 0 bridgehead atoms. The van der Waals surface area contributed by atoms with Crippen LogP contribution in [-0.4, -0.2) is 44.0 Å². The van der Waals surface area contributed by atoms with Crippen LogP contribution in [0.25, 0.3) is 11.0 Å². The van der Waals surface area contributed by atoms with Crippen LogP contribution >= 0.6 is 11.8 Å². The molecule has 2 heterocycles. The predicted molar refractivity (Wildman–Crippen MR) is 167 cm³/mol. The van der Waals surface area contributed by atoms with Gasteiger partial charge in [0, 0.05) is 13.5 Å². The summed E-state index contributed by atoms with van der Waals surface area (Å²) in [5, 5.41) is 4.97. The Bertz CT molecular complexity index is 1040. The van der Waals surface area contributed by atoms with Gasteiger partial charge in [0.1, 0.15) is 16.9 Å². The second kappa shape index (κ2) is 22.2. The van der Waals surface area contributed by atoms with Gasteiger partial charge in [-0.25, -0.2) is 14.6 Å². The van der Waals surface area contributed by atoms with Gasteiger partial charge in [0.25, 0.3) is 0 Å². The number of aryl methyl sites for hydroxylation is 1. The SMILES string of the molecule is CCCCCCCCC=CCCCCCCCCCCCC(=O)Oc1c2ncnc(SCC(=O)OCC)c2nn1C. The fourth-order valence-corrected chi connectivity index (χ4v) is 5.45. The first-order valence-corrected chi connectivity index (χ1v) is 16.9. The van der Waals surface area contributed by atoms with E-state index >= 15 is 0 Å². The average molecular weight is 589 g/mol. The fourth-order valence-electron chi connectivity index (χ4n) is 4.71. The minimum absolute atomic E-state index is 0.128. The molecule has 0 fully saturated rings. The molecule has 2 aromatic rings. The summed E-state index contributed by atoms with van der Waals surface area (Å²) in [5.74, 6) is -0.166. The molecule has 9 heteroatoms. The molecular weight excluding hydrogens is 536 g/mol. The molecule has 0 spiro atoms. The molecule has 0 N–H and O–H groups in total. The second-order valence-electron chi connectivity index (χ2n) is 10.6. The highest BCUT2D eigenvalue weighted by Crippen LogP contribution is 2.29. The second-order valence-corrected chi connectivity index (χ2v) is 11.6. The number of fused-ring (bicyclic) bond motifs is 1. The van der Waals surface area contributed by atoms with E-state index in [4.69, 9.17) is 9.47 Å². The first-order valence-electron chi connectivity index (χ1n) is 15.9. The van der Waals surface area contributed by atoms with Crippen LogP contribution in [0.1, 0.15) is 129 Å². The molecule has 8 nitrogen and oxygen atoms in total. The monoisotopic (exact) mass is 588 g/mol. The topological polar surface area (TPSA) is 96.2 Å². The van der Waals surface area contributed by atoms with Crippen molar-refractivity contribution in [3.05, 3.63) is 18.5 Å². The van der Waals surface area contributed by atoms with E-state index < -0.39 is 0 Å². The van der Waals surface area contributed by atoms with Crippen LogP contribution in [0.3, 0.4) is 0 Å². The number of hydrogen-bond donors (Lipinski definition) is 0. The molecule has 0 atom stereocenters. The predicted octanol–water partition coefficient (Wildman–Crippen LogP) is 8.52. The van der Waals surface area contributed by atoms with E-state index in [2.05, 4.69) is 34.1 Å². The van der Waals surface area contributed by atoms with Crippen molar-refractivity contribution >= 4 is 34.7 Å². The van der Waals surface area contributed by atoms with Crippen molar-refractivity contribution in [3.63, 3.8) is 0 Å². The van der Waals surface area contributed by atoms with Gasteiger partial charge in [-0.1, -0.05) is 108 Å². The van der Waals surface area contributed by atoms with Gasteiger partial charge in [0.2, 0.25) is 5.88 Å². The Morgan fingerprint density at radius 3 is 1.98 bits per heavy atom. The van der Waals surface area contributed by atoms with Gasteiger partial charge >= 0.3 is 11.9 Å². The summed E-state index contributed by atoms with van der Waals surface area (Å²) >= 11 is 1.23. The number of allylic oxidation sites excluding steroid dienone is 2. The maximum absolute atomic E-state index is 12.5. The maximum Gasteiger partial charge on any atom is 0.316 e. The van der Waals surface area contributed by atoms with Crippen LogP contribution in [0.5, 0.6) is 5.88 Å². The van der Waals surface area contributed by atoms with E-state index in [1.54, 1.807) is 14.0 Å². The fraction of sp³-hybridized carbons (Fsp3) is 0.719. The standard InChI is InChI=1S/C32H52N4O4S/c1-4-6-7-8-9-10-11-12-13-14-15-16-17-18-19-20-21-22-23-24-27(37)40-32-30-29(35-36(32)3)31(34-26-33-30)41-25-28(38)39-5-2/h12-13,26H,4-11,14-25H2,1-3H3. The third kappa shape index (κ3) is 14.9. The zero-order valence-electron chi connectivity index (χ0n) is 25.7. The molecule has 0 unspecified atom stereocenters. The Morgan fingerprint density at radius 2 is 1.37 bits per heavy atom. The number of unbranched alkanes of at least 4 members (excludes halogenated alkanes) is 15. The molecule has 0 aromatic carbocycles. The van der Waals surface area contributed by atoms with Gasteiger partial charge in [-0.05, 0) is 39.0 Å². The zero-order chi connectivity index (χ0) is 29.5. The quantitative estimate of drug-likeness (QED) is 0.0396. The van der Waals surface area contributed by atoms with Crippen molar-refractivity contribution < 1.29 is 19.1 Å². The van der Waals surface area contributed by atoms with E-state index in [0.717, 1.165) is 19.3 Å². The van der Waals surface area contributed by atoms with Gasteiger partial charge in [0.05, 0.1) is 12.4 Å². The third-order valence-electron chi connectivity index (χ3n) is 7.02. The zero-order valence-corrected chi connectivity index (χ0v) is 26.5. The molecule has 41 heavy (non-hydrogen) atoms. The Balaban J connectivity index is 1.51. The Labute approximate surface area is 251 Å². The number of thioether (sulfide) groups is 1. The van der Waals surface area contributed by atoms with Crippen molar-refractivity contribution in [2.45, 2.75) is 134 Å². The molecule has 0 radical (unpaired) electrons. The first kappa shape index (κ1) is 34.8. The Hall–Kier alpha value is -2.42. The van der Waals surface area contributed by atoms with Gasteiger partial charge < -0.3 is 9.47 Å². The molecule has 0 aliphatic carbocycles. The molecule has 2 aromatic heterocycles. The largest absolute Gasteiger partial charge is 0.465 e. The van der Waals surface area contributed by atoms with Crippen molar-refractivity contribution in [1.82, 2.24) is 19.7 Å². The lowest BCUT2D eigenvalue weighted by molar-refractivity contribution is -0.140. The Morgan fingerprint density at radius 1 is 0.780 bits per heavy atom. The molecular formula is C32H52N4O4S. The summed E-state index contributed by atoms with van der Waals surface area (Å²) in [6.45, 7) is 4.37. The summed E-state index contributed by atoms with van der Waals surface area (Å²) in [4.78, 5) is 32.7. The molecule has 0 aliphatic heterocycles. The van der Waals surface area contributed by atoms with E-state index in [9.17, 15) is 9.59 Å². The highest BCUT2D eigenvalue weighted by atomic mass is 32.2. The van der Waals surface area contributed by atoms with Gasteiger partial charge in [0.15, 0.2) is 5.52 Å². The minimum atomic E-state index is -0.316. The lowest BCUT2D eigenvalue weighted by atomic mass is 10.1. The van der Waals surface area contributed by atoms with E-state index in [1.807, 2.05) is 0 Å². The van der Waals surface area contributed by atoms with Crippen molar-refractivity contribution in [2.24, 2.45) is 7.05 Å². The highest BCUT2D eigenvalue weighted by Gasteiger charge is 2.19. The normalized spacial score (nSPS) is 11.5. The van der Waals surface area contributed by atoms with Gasteiger partial charge in [-0.2, -0.15) is 5.10 Å². The van der Waals surface area contributed by atoms with Crippen LogP contribution in [0.15, 0.2) is 23.5 Å². The Kier molecular flexibility index (Phi) is 18.8. The van der Waals surface area contributed by atoms with Crippen LogP contribution in [0.2, 0.25) is 0 Å². The van der Waals surface area contributed by atoms with Crippen molar-refractivity contribution in [2.75, 3.05) is 12.4 Å². The number of ether oxygens (including phenoxy) is 2. The summed E-state index contributed by atoms with van der Waals surface area (Å²) in [6.07, 6.45) is 28.0. The van der Waals surface area contributed by atoms with Crippen LogP contribution < -0.4 is 4.74 Å². The summed E-state index contributed by atoms with van der Waals surface area (Å²) < 4.78 is 12.1.